The predicted molar refractivity (Wildman–Crippen MR) is 98.6 cm³/mol. The number of benzene rings is 2. The van der Waals surface area contributed by atoms with E-state index in [-0.39, 0.29) is 30.3 Å². The van der Waals surface area contributed by atoms with Crippen LogP contribution in [-0.2, 0) is 21.4 Å². The molecule has 0 saturated carbocycles. The van der Waals surface area contributed by atoms with Gasteiger partial charge in [-0.2, -0.15) is 0 Å². The number of ether oxygens (including phenoxy) is 1. The van der Waals surface area contributed by atoms with E-state index in [0.29, 0.717) is 11.4 Å². The highest BCUT2D eigenvalue weighted by atomic mass is 16.5. The molecule has 5 heteroatoms. The molecule has 3 N–H and O–H groups in total. The van der Waals surface area contributed by atoms with Gasteiger partial charge in [-0.3, -0.25) is 9.59 Å². The third-order valence-electron chi connectivity index (χ3n) is 3.71. The number of nitrogens with two attached hydrogens (primary N) is 1. The molecular formula is C20H24N2O3. The maximum Gasteiger partial charge on any atom is 0.262 e. The van der Waals surface area contributed by atoms with Crippen LogP contribution in [0.25, 0.3) is 0 Å². The largest absolute Gasteiger partial charge is 0.484 e. The molecule has 0 aliphatic rings. The highest BCUT2D eigenvalue weighted by Crippen LogP contribution is 2.24. The number of nitrogens with one attached hydrogen (secondary N) is 1. The summed E-state index contributed by atoms with van der Waals surface area (Å²) in [5.41, 5.74) is 7.88. The van der Waals surface area contributed by atoms with Crippen LogP contribution in [0.1, 0.15) is 31.9 Å². The Morgan fingerprint density at radius 1 is 1.00 bits per heavy atom. The zero-order valence-electron chi connectivity index (χ0n) is 14.8. The minimum atomic E-state index is -0.386. The molecule has 2 aromatic rings. The van der Waals surface area contributed by atoms with Crippen LogP contribution in [0, 0.1) is 0 Å². The summed E-state index contributed by atoms with van der Waals surface area (Å²) in [7, 11) is 0. The smallest absolute Gasteiger partial charge is 0.262 e. The Balaban J connectivity index is 1.85. The second-order valence-electron chi connectivity index (χ2n) is 6.95. The number of carbonyl (C=O) groups excluding carboxylic acids is 2. The fraction of sp³-hybridized carbons (Fsp3) is 0.300. The summed E-state index contributed by atoms with van der Waals surface area (Å²) >= 11 is 0. The normalized spacial score (nSPS) is 11.0. The quantitative estimate of drug-likeness (QED) is 0.848. The van der Waals surface area contributed by atoms with Gasteiger partial charge in [-0.25, -0.2) is 0 Å². The molecule has 0 saturated heterocycles. The highest BCUT2D eigenvalue weighted by Gasteiger charge is 2.13. The molecule has 0 aromatic heterocycles. The van der Waals surface area contributed by atoms with Crippen LogP contribution in [0.5, 0.6) is 5.75 Å². The standard InChI is InChI=1S/C20H24N2O3/c1-20(2,3)15-6-10-17(11-7-15)25-13-19(24)22-16-8-4-14(5-9-16)12-18(21)23/h4-11H,12-13H2,1-3H3,(H2,21,23)(H,22,24). The third kappa shape index (κ3) is 5.95. The van der Waals surface area contributed by atoms with Crippen molar-refractivity contribution in [3.8, 4) is 5.75 Å². The molecule has 0 bridgehead atoms. The van der Waals surface area contributed by atoms with Gasteiger partial charge in [0.15, 0.2) is 6.61 Å². The van der Waals surface area contributed by atoms with Gasteiger partial charge in [-0.15, -0.1) is 0 Å². The second kappa shape index (κ2) is 7.83. The summed E-state index contributed by atoms with van der Waals surface area (Å²) in [5.74, 6) is 0.0187. The summed E-state index contributed by atoms with van der Waals surface area (Å²) in [6, 6.07) is 14.7. The second-order valence-corrected chi connectivity index (χ2v) is 6.95. The number of amides is 2. The van der Waals surface area contributed by atoms with Crippen LogP contribution in [0.4, 0.5) is 5.69 Å². The maximum absolute atomic E-state index is 12.0. The Morgan fingerprint density at radius 2 is 1.60 bits per heavy atom. The molecule has 0 aliphatic heterocycles. The van der Waals surface area contributed by atoms with Crippen LogP contribution >= 0.6 is 0 Å². The van der Waals surface area contributed by atoms with E-state index in [2.05, 4.69) is 26.1 Å². The zero-order valence-corrected chi connectivity index (χ0v) is 14.8. The van der Waals surface area contributed by atoms with Crippen LogP contribution < -0.4 is 15.8 Å². The lowest BCUT2D eigenvalue weighted by Gasteiger charge is -2.19. The SMILES string of the molecule is CC(C)(C)c1ccc(OCC(=O)Nc2ccc(CC(N)=O)cc2)cc1. The molecule has 2 aromatic carbocycles. The van der Waals surface area contributed by atoms with Crippen LogP contribution in [-0.4, -0.2) is 18.4 Å². The predicted octanol–water partition coefficient (Wildman–Crippen LogP) is 3.03. The molecule has 2 amide bonds. The van der Waals surface area contributed by atoms with Gasteiger partial charge in [0, 0.05) is 5.69 Å². The summed E-state index contributed by atoms with van der Waals surface area (Å²) in [5, 5.41) is 2.75. The number of hydrogen-bond acceptors (Lipinski definition) is 3. The van der Waals surface area contributed by atoms with Crippen molar-refractivity contribution in [2.24, 2.45) is 5.73 Å². The Labute approximate surface area is 148 Å². The molecule has 0 heterocycles. The first-order chi connectivity index (χ1) is 11.7. The fourth-order valence-electron chi connectivity index (χ4n) is 2.30. The van der Waals surface area contributed by atoms with Gasteiger partial charge in [0.05, 0.1) is 6.42 Å². The Hall–Kier alpha value is -2.82. The molecule has 0 aliphatic carbocycles. The van der Waals surface area contributed by atoms with Crippen LogP contribution in [0.15, 0.2) is 48.5 Å². The first-order valence-electron chi connectivity index (χ1n) is 8.14. The molecule has 25 heavy (non-hydrogen) atoms. The third-order valence-corrected chi connectivity index (χ3v) is 3.71. The lowest BCUT2D eigenvalue weighted by Crippen LogP contribution is -2.20. The van der Waals surface area contributed by atoms with Gasteiger partial charge in [-0.1, -0.05) is 45.0 Å². The molecule has 0 fully saturated rings. The molecule has 0 atom stereocenters. The Kier molecular flexibility index (Phi) is 5.80. The lowest BCUT2D eigenvalue weighted by molar-refractivity contribution is -0.118. The molecule has 5 nitrogen and oxygen atoms in total. The van der Waals surface area contributed by atoms with Crippen molar-refractivity contribution >= 4 is 17.5 Å². The van der Waals surface area contributed by atoms with Crippen molar-refractivity contribution in [3.63, 3.8) is 0 Å². The van der Waals surface area contributed by atoms with Crippen LogP contribution in [0.3, 0.4) is 0 Å². The minimum absolute atomic E-state index is 0.0715. The Bertz CT molecular complexity index is 729. The monoisotopic (exact) mass is 340 g/mol. The van der Waals surface area contributed by atoms with Gasteiger partial charge in [0.2, 0.25) is 5.91 Å². The van der Waals surface area contributed by atoms with Crippen molar-refractivity contribution in [3.05, 3.63) is 59.7 Å². The molecule has 0 unspecified atom stereocenters. The first-order valence-corrected chi connectivity index (χ1v) is 8.14. The number of rotatable bonds is 6. The fourth-order valence-corrected chi connectivity index (χ4v) is 2.30. The van der Waals surface area contributed by atoms with Crippen LogP contribution in [0.2, 0.25) is 0 Å². The molecule has 2 rings (SSSR count). The van der Waals surface area contributed by atoms with Gasteiger partial charge in [-0.05, 0) is 40.8 Å². The lowest BCUT2D eigenvalue weighted by atomic mass is 9.87. The number of carbonyl (C=O) groups is 2. The van der Waals surface area contributed by atoms with Crippen molar-refractivity contribution in [1.29, 1.82) is 0 Å². The van der Waals surface area contributed by atoms with Crippen molar-refractivity contribution < 1.29 is 14.3 Å². The summed E-state index contributed by atoms with van der Waals surface area (Å²) in [4.78, 5) is 22.8. The van der Waals surface area contributed by atoms with E-state index in [4.69, 9.17) is 10.5 Å². The van der Waals surface area contributed by atoms with E-state index in [0.717, 1.165) is 5.56 Å². The Morgan fingerprint density at radius 3 is 2.12 bits per heavy atom. The maximum atomic E-state index is 12.0. The first kappa shape index (κ1) is 18.5. The van der Waals surface area contributed by atoms with Crippen molar-refractivity contribution in [2.45, 2.75) is 32.6 Å². The van der Waals surface area contributed by atoms with E-state index in [9.17, 15) is 9.59 Å². The van der Waals surface area contributed by atoms with Crippen molar-refractivity contribution in [1.82, 2.24) is 0 Å². The summed E-state index contributed by atoms with van der Waals surface area (Å²) < 4.78 is 5.51. The topological polar surface area (TPSA) is 81.4 Å². The summed E-state index contributed by atoms with van der Waals surface area (Å²) in [6.07, 6.45) is 0.182. The molecular weight excluding hydrogens is 316 g/mol. The molecule has 132 valence electrons. The van der Waals surface area contributed by atoms with Crippen molar-refractivity contribution in [2.75, 3.05) is 11.9 Å². The van der Waals surface area contributed by atoms with E-state index in [1.54, 1.807) is 24.3 Å². The van der Waals surface area contributed by atoms with E-state index < -0.39 is 0 Å². The average Bonchev–Trinajstić information content (AvgIpc) is 2.54. The highest BCUT2D eigenvalue weighted by molar-refractivity contribution is 5.91. The van der Waals surface area contributed by atoms with Gasteiger partial charge in [0.1, 0.15) is 5.75 Å². The van der Waals surface area contributed by atoms with E-state index in [1.165, 1.54) is 5.56 Å². The van der Waals surface area contributed by atoms with E-state index >= 15 is 0 Å². The number of hydrogen-bond donors (Lipinski definition) is 2. The number of anilines is 1. The number of primary amides is 1. The zero-order chi connectivity index (χ0) is 18.4. The van der Waals surface area contributed by atoms with Gasteiger partial charge < -0.3 is 15.8 Å². The summed E-state index contributed by atoms with van der Waals surface area (Å²) in [6.45, 7) is 6.36. The molecule has 0 spiro atoms. The van der Waals surface area contributed by atoms with Gasteiger partial charge >= 0.3 is 0 Å². The average molecular weight is 340 g/mol. The molecule has 0 radical (unpaired) electrons. The van der Waals surface area contributed by atoms with E-state index in [1.807, 2.05) is 24.3 Å². The van der Waals surface area contributed by atoms with Gasteiger partial charge in [0.25, 0.3) is 5.91 Å². The minimum Gasteiger partial charge on any atom is -0.484 e.